The molecule has 1 fully saturated rings. The third kappa shape index (κ3) is 7.66. The molecule has 1 rings (SSSR count). The normalized spacial score (nSPS) is 16.6. The predicted molar refractivity (Wildman–Crippen MR) is 77.2 cm³/mol. The lowest BCUT2D eigenvalue weighted by atomic mass is 10.1. The van der Waals surface area contributed by atoms with Crippen LogP contribution in [0.3, 0.4) is 0 Å². The smallest absolute Gasteiger partial charge is 0.376 e. The summed E-state index contributed by atoms with van der Waals surface area (Å²) in [5.74, 6) is 0. The van der Waals surface area contributed by atoms with Gasteiger partial charge in [0.05, 0.1) is 0 Å². The SMILES string of the molecule is CCCCCCCCCCCCCC1(Cl)OC(=O)O1. The molecule has 0 aromatic heterocycles. The summed E-state index contributed by atoms with van der Waals surface area (Å²) in [4.78, 5) is 10.5. The van der Waals surface area contributed by atoms with Crippen LogP contribution >= 0.6 is 11.6 Å². The standard InChI is InChI=1S/C15H27ClO3/c1-2-3-4-5-6-7-8-9-10-11-12-13-15(16)18-14(17)19-15/h2-13H2,1H3. The fraction of sp³-hybridized carbons (Fsp3) is 0.933. The number of carbonyl (C=O) groups is 1. The van der Waals surface area contributed by atoms with Crippen molar-refractivity contribution in [1.82, 2.24) is 0 Å². The van der Waals surface area contributed by atoms with Gasteiger partial charge in [-0.25, -0.2) is 4.79 Å². The van der Waals surface area contributed by atoms with Gasteiger partial charge in [-0.1, -0.05) is 71.1 Å². The van der Waals surface area contributed by atoms with Gasteiger partial charge in [-0.2, -0.15) is 0 Å². The highest BCUT2D eigenvalue weighted by Crippen LogP contribution is 2.34. The van der Waals surface area contributed by atoms with Crippen molar-refractivity contribution in [3.05, 3.63) is 0 Å². The van der Waals surface area contributed by atoms with Crippen LogP contribution in [0, 0.1) is 0 Å². The Morgan fingerprint density at radius 1 is 0.842 bits per heavy atom. The van der Waals surface area contributed by atoms with E-state index in [2.05, 4.69) is 6.92 Å². The average Bonchev–Trinajstić information content (AvgIpc) is 2.34. The summed E-state index contributed by atoms with van der Waals surface area (Å²) in [6, 6.07) is 0. The van der Waals surface area contributed by atoms with Crippen LogP contribution in [0.25, 0.3) is 0 Å². The molecule has 0 amide bonds. The van der Waals surface area contributed by atoms with E-state index in [-0.39, 0.29) is 0 Å². The maximum atomic E-state index is 10.5. The Hall–Kier alpha value is -0.440. The van der Waals surface area contributed by atoms with Crippen molar-refractivity contribution in [2.75, 3.05) is 0 Å². The molecule has 0 radical (unpaired) electrons. The molecule has 0 saturated carbocycles. The van der Waals surface area contributed by atoms with Crippen molar-refractivity contribution in [2.24, 2.45) is 0 Å². The second-order valence-electron chi connectivity index (χ2n) is 5.40. The lowest BCUT2D eigenvalue weighted by molar-refractivity contribution is -0.219. The maximum absolute atomic E-state index is 10.5. The van der Waals surface area contributed by atoms with E-state index in [0.717, 1.165) is 12.8 Å². The van der Waals surface area contributed by atoms with E-state index in [9.17, 15) is 4.79 Å². The number of hydrogen-bond acceptors (Lipinski definition) is 3. The van der Waals surface area contributed by atoms with E-state index in [1.807, 2.05) is 0 Å². The summed E-state index contributed by atoms with van der Waals surface area (Å²) in [5.41, 5.74) is 0. The van der Waals surface area contributed by atoms with Gasteiger partial charge in [0.2, 0.25) is 0 Å². The van der Waals surface area contributed by atoms with E-state index in [1.54, 1.807) is 0 Å². The van der Waals surface area contributed by atoms with Crippen molar-refractivity contribution < 1.29 is 14.3 Å². The summed E-state index contributed by atoms with van der Waals surface area (Å²) in [7, 11) is 0. The third-order valence-electron chi connectivity index (χ3n) is 3.55. The first-order valence-electron chi connectivity index (χ1n) is 7.77. The van der Waals surface area contributed by atoms with Gasteiger partial charge in [-0.15, -0.1) is 0 Å². The van der Waals surface area contributed by atoms with E-state index in [1.165, 1.54) is 57.8 Å². The summed E-state index contributed by atoms with van der Waals surface area (Å²) >= 11 is 5.86. The number of cyclic esters (lactones) is 2. The highest BCUT2D eigenvalue weighted by Gasteiger charge is 2.46. The first kappa shape index (κ1) is 16.6. The number of unbranched alkanes of at least 4 members (excludes halogenated alkanes) is 10. The molecule has 0 bridgehead atoms. The van der Waals surface area contributed by atoms with Gasteiger partial charge in [0, 0.05) is 6.42 Å². The van der Waals surface area contributed by atoms with Crippen molar-refractivity contribution in [3.63, 3.8) is 0 Å². The Morgan fingerprint density at radius 2 is 1.26 bits per heavy atom. The molecule has 0 atom stereocenters. The van der Waals surface area contributed by atoms with Crippen molar-refractivity contribution in [1.29, 1.82) is 0 Å². The van der Waals surface area contributed by atoms with Crippen LogP contribution in [0.2, 0.25) is 0 Å². The van der Waals surface area contributed by atoms with E-state index in [4.69, 9.17) is 21.1 Å². The van der Waals surface area contributed by atoms with Crippen LogP contribution in [0.4, 0.5) is 4.79 Å². The van der Waals surface area contributed by atoms with Gasteiger partial charge in [-0.3, -0.25) is 0 Å². The molecule has 1 saturated heterocycles. The zero-order valence-corrected chi connectivity index (χ0v) is 12.8. The Morgan fingerprint density at radius 3 is 1.68 bits per heavy atom. The molecule has 1 heterocycles. The fourth-order valence-electron chi connectivity index (χ4n) is 2.36. The Labute approximate surface area is 122 Å². The van der Waals surface area contributed by atoms with E-state index < -0.39 is 11.4 Å². The Bertz CT molecular complexity index is 248. The number of carbonyl (C=O) groups excluding carboxylic acids is 1. The Kier molecular flexibility index (Phi) is 8.27. The summed E-state index contributed by atoms with van der Waals surface area (Å²) in [6.45, 7) is 2.25. The fourth-order valence-corrected chi connectivity index (χ4v) is 2.62. The summed E-state index contributed by atoms with van der Waals surface area (Å²) in [5, 5.41) is -1.14. The van der Waals surface area contributed by atoms with Crippen LogP contribution in [-0.2, 0) is 9.47 Å². The van der Waals surface area contributed by atoms with Crippen LogP contribution < -0.4 is 0 Å². The van der Waals surface area contributed by atoms with Crippen LogP contribution in [0.5, 0.6) is 0 Å². The van der Waals surface area contributed by atoms with Gasteiger partial charge < -0.3 is 9.47 Å². The molecule has 0 N–H and O–H groups in total. The molecular weight excluding hydrogens is 264 g/mol. The molecule has 3 nitrogen and oxygen atoms in total. The first-order chi connectivity index (χ1) is 9.16. The van der Waals surface area contributed by atoms with Crippen molar-refractivity contribution >= 4 is 17.8 Å². The van der Waals surface area contributed by atoms with Gasteiger partial charge in [0.25, 0.3) is 0 Å². The zero-order chi connectivity index (χ0) is 14.0. The highest BCUT2D eigenvalue weighted by molar-refractivity contribution is 6.24. The van der Waals surface area contributed by atoms with Crippen molar-refractivity contribution in [3.8, 4) is 0 Å². The number of alkyl halides is 1. The number of rotatable bonds is 12. The maximum Gasteiger partial charge on any atom is 0.516 e. The molecule has 0 aliphatic carbocycles. The van der Waals surface area contributed by atoms with Crippen LogP contribution in [0.1, 0.15) is 84.0 Å². The molecule has 112 valence electrons. The Balaban J connectivity index is 1.75. The topological polar surface area (TPSA) is 35.5 Å². The van der Waals surface area contributed by atoms with Gasteiger partial charge in [-0.05, 0) is 18.0 Å². The minimum atomic E-state index is -1.14. The molecule has 19 heavy (non-hydrogen) atoms. The molecule has 1 aliphatic heterocycles. The minimum Gasteiger partial charge on any atom is -0.376 e. The minimum absolute atomic E-state index is 0.595. The highest BCUT2D eigenvalue weighted by atomic mass is 35.5. The molecule has 0 unspecified atom stereocenters. The predicted octanol–water partition coefficient (Wildman–Crippen LogP) is 5.75. The van der Waals surface area contributed by atoms with Gasteiger partial charge in [0.1, 0.15) is 0 Å². The number of hydrogen-bond donors (Lipinski definition) is 0. The van der Waals surface area contributed by atoms with Crippen LogP contribution in [-0.4, -0.2) is 11.4 Å². The second-order valence-corrected chi connectivity index (χ2v) is 5.98. The lowest BCUT2D eigenvalue weighted by Crippen LogP contribution is -2.45. The van der Waals surface area contributed by atoms with E-state index >= 15 is 0 Å². The summed E-state index contributed by atoms with van der Waals surface area (Å²) in [6.07, 6.45) is 14.1. The third-order valence-corrected chi connectivity index (χ3v) is 3.89. The quantitative estimate of drug-likeness (QED) is 0.261. The monoisotopic (exact) mass is 290 g/mol. The molecular formula is C15H27ClO3. The zero-order valence-electron chi connectivity index (χ0n) is 12.1. The van der Waals surface area contributed by atoms with Crippen LogP contribution in [0.15, 0.2) is 0 Å². The van der Waals surface area contributed by atoms with Crippen molar-refractivity contribution in [2.45, 2.75) is 89.2 Å². The average molecular weight is 291 g/mol. The number of halogens is 1. The molecule has 4 heteroatoms. The molecule has 0 spiro atoms. The molecule has 1 aliphatic rings. The largest absolute Gasteiger partial charge is 0.516 e. The van der Waals surface area contributed by atoms with Gasteiger partial charge >= 0.3 is 11.4 Å². The molecule has 0 aromatic rings. The lowest BCUT2D eigenvalue weighted by Gasteiger charge is -2.33. The first-order valence-corrected chi connectivity index (χ1v) is 8.15. The van der Waals surface area contributed by atoms with Gasteiger partial charge in [0.15, 0.2) is 0 Å². The summed E-state index contributed by atoms with van der Waals surface area (Å²) < 4.78 is 9.45. The second kappa shape index (κ2) is 9.46. The molecule has 0 aromatic carbocycles. The number of ether oxygens (including phenoxy) is 2. The van der Waals surface area contributed by atoms with E-state index in [0.29, 0.717) is 6.42 Å².